The van der Waals surface area contributed by atoms with Crippen molar-refractivity contribution in [2.24, 2.45) is 0 Å². The number of rotatable bonds is 3. The van der Waals surface area contributed by atoms with Gasteiger partial charge in [-0.3, -0.25) is 0 Å². The van der Waals surface area contributed by atoms with Gasteiger partial charge < -0.3 is 9.97 Å². The van der Waals surface area contributed by atoms with Gasteiger partial charge in [-0.1, -0.05) is 20.3 Å². The molecular formula is C12H16N2O. The molecule has 1 aromatic heterocycles. The standard InChI is InChI=1S/C12H16N2O/c1-3-5-9-7-11-10(6-8(9)4-2)13-12(15)14-11/h6-7H,3-5H2,1-2H3,(H2,13,14,15). The Hall–Kier alpha value is -1.51. The molecule has 0 saturated heterocycles. The average Bonchev–Trinajstić information content (AvgIpc) is 2.56. The van der Waals surface area contributed by atoms with E-state index in [1.807, 2.05) is 0 Å². The largest absolute Gasteiger partial charge is 0.323 e. The van der Waals surface area contributed by atoms with Crippen LogP contribution in [0.1, 0.15) is 31.4 Å². The number of aromatic nitrogens is 2. The van der Waals surface area contributed by atoms with Crippen LogP contribution < -0.4 is 5.69 Å². The summed E-state index contributed by atoms with van der Waals surface area (Å²) in [5, 5.41) is 0. The lowest BCUT2D eigenvalue weighted by Crippen LogP contribution is -1.99. The van der Waals surface area contributed by atoms with Crippen molar-refractivity contribution in [3.05, 3.63) is 33.7 Å². The lowest BCUT2D eigenvalue weighted by Gasteiger charge is -2.06. The molecule has 1 aromatic carbocycles. The minimum absolute atomic E-state index is 0.124. The number of aryl methyl sites for hydroxylation is 2. The molecule has 0 spiro atoms. The Balaban J connectivity index is 2.62. The molecule has 0 aliphatic rings. The van der Waals surface area contributed by atoms with E-state index in [1.54, 1.807) is 0 Å². The Morgan fingerprint density at radius 3 is 2.20 bits per heavy atom. The van der Waals surface area contributed by atoms with E-state index in [0.717, 1.165) is 30.3 Å². The van der Waals surface area contributed by atoms with E-state index in [4.69, 9.17) is 0 Å². The molecule has 0 aliphatic heterocycles. The van der Waals surface area contributed by atoms with Gasteiger partial charge in [0.2, 0.25) is 0 Å². The Bertz CT molecular complexity index is 522. The minimum Gasteiger partial charge on any atom is -0.306 e. The van der Waals surface area contributed by atoms with E-state index < -0.39 is 0 Å². The second kappa shape index (κ2) is 3.93. The lowest BCUT2D eigenvalue weighted by molar-refractivity contribution is 0.901. The summed E-state index contributed by atoms with van der Waals surface area (Å²) in [6.45, 7) is 4.31. The monoisotopic (exact) mass is 204 g/mol. The first-order valence-corrected chi connectivity index (χ1v) is 5.48. The van der Waals surface area contributed by atoms with E-state index in [0.29, 0.717) is 0 Å². The number of benzene rings is 1. The summed E-state index contributed by atoms with van der Waals surface area (Å²) in [6, 6.07) is 4.17. The molecule has 15 heavy (non-hydrogen) atoms. The molecule has 1 heterocycles. The lowest BCUT2D eigenvalue weighted by atomic mass is 10.0. The van der Waals surface area contributed by atoms with Gasteiger partial charge in [0, 0.05) is 0 Å². The minimum atomic E-state index is -0.124. The first kappa shape index (κ1) is 10.0. The Kier molecular flexibility index (Phi) is 2.62. The molecule has 0 bridgehead atoms. The van der Waals surface area contributed by atoms with Crippen LogP contribution in [0.4, 0.5) is 0 Å². The summed E-state index contributed by atoms with van der Waals surface area (Å²) in [5.41, 5.74) is 4.39. The highest BCUT2D eigenvalue weighted by molar-refractivity contribution is 5.76. The van der Waals surface area contributed by atoms with Crippen LogP contribution in [0.15, 0.2) is 16.9 Å². The van der Waals surface area contributed by atoms with Gasteiger partial charge in [-0.2, -0.15) is 0 Å². The topological polar surface area (TPSA) is 48.6 Å². The molecule has 3 heteroatoms. The maximum absolute atomic E-state index is 11.1. The average molecular weight is 204 g/mol. The van der Waals surface area contributed by atoms with E-state index in [9.17, 15) is 4.79 Å². The fourth-order valence-electron chi connectivity index (χ4n) is 2.00. The van der Waals surface area contributed by atoms with Gasteiger partial charge >= 0.3 is 5.69 Å². The second-order valence-corrected chi connectivity index (χ2v) is 3.85. The van der Waals surface area contributed by atoms with Crippen LogP contribution in [-0.2, 0) is 12.8 Å². The SMILES string of the molecule is CCCc1cc2[nH]c(=O)[nH]c2cc1CC. The van der Waals surface area contributed by atoms with Crippen molar-refractivity contribution in [1.29, 1.82) is 0 Å². The Morgan fingerprint density at radius 2 is 1.67 bits per heavy atom. The predicted octanol–water partition coefficient (Wildman–Crippen LogP) is 2.37. The number of aromatic amines is 2. The van der Waals surface area contributed by atoms with Crippen molar-refractivity contribution in [2.75, 3.05) is 0 Å². The fourth-order valence-corrected chi connectivity index (χ4v) is 2.00. The highest BCUT2D eigenvalue weighted by atomic mass is 16.1. The maximum atomic E-state index is 11.1. The third-order valence-corrected chi connectivity index (χ3v) is 2.74. The van der Waals surface area contributed by atoms with Crippen LogP contribution in [-0.4, -0.2) is 9.97 Å². The summed E-state index contributed by atoms with van der Waals surface area (Å²) in [4.78, 5) is 16.7. The van der Waals surface area contributed by atoms with Gasteiger partial charge in [0.1, 0.15) is 0 Å². The van der Waals surface area contributed by atoms with Crippen LogP contribution in [0, 0.1) is 0 Å². The second-order valence-electron chi connectivity index (χ2n) is 3.85. The van der Waals surface area contributed by atoms with Gasteiger partial charge in [0.15, 0.2) is 0 Å². The Labute approximate surface area is 88.5 Å². The van der Waals surface area contributed by atoms with Gasteiger partial charge in [0.25, 0.3) is 0 Å². The van der Waals surface area contributed by atoms with Crippen LogP contribution in [0.2, 0.25) is 0 Å². The molecule has 0 amide bonds. The quantitative estimate of drug-likeness (QED) is 0.792. The molecule has 2 aromatic rings. The van der Waals surface area contributed by atoms with Crippen molar-refractivity contribution in [3.63, 3.8) is 0 Å². The molecule has 0 saturated carbocycles. The summed E-state index contributed by atoms with van der Waals surface area (Å²) in [5.74, 6) is 0. The zero-order valence-electron chi connectivity index (χ0n) is 9.18. The van der Waals surface area contributed by atoms with E-state index >= 15 is 0 Å². The summed E-state index contributed by atoms with van der Waals surface area (Å²) >= 11 is 0. The normalized spacial score (nSPS) is 11.1. The number of hydrogen-bond donors (Lipinski definition) is 2. The van der Waals surface area contributed by atoms with Crippen LogP contribution in [0.3, 0.4) is 0 Å². The van der Waals surface area contributed by atoms with Crippen molar-refractivity contribution in [2.45, 2.75) is 33.1 Å². The van der Waals surface area contributed by atoms with E-state index in [2.05, 4.69) is 35.9 Å². The number of nitrogens with one attached hydrogen (secondary N) is 2. The summed E-state index contributed by atoms with van der Waals surface area (Å²) in [6.07, 6.45) is 3.22. The first-order chi connectivity index (χ1) is 7.24. The number of H-pyrrole nitrogens is 2. The van der Waals surface area contributed by atoms with Crippen molar-refractivity contribution in [1.82, 2.24) is 9.97 Å². The Morgan fingerprint density at radius 1 is 1.07 bits per heavy atom. The molecule has 2 rings (SSSR count). The molecule has 0 atom stereocenters. The number of imidazole rings is 1. The van der Waals surface area contributed by atoms with Crippen LogP contribution >= 0.6 is 0 Å². The molecule has 2 N–H and O–H groups in total. The summed E-state index contributed by atoms with van der Waals surface area (Å²) in [7, 11) is 0. The van der Waals surface area contributed by atoms with Crippen molar-refractivity contribution in [3.8, 4) is 0 Å². The molecule has 0 fully saturated rings. The molecule has 3 nitrogen and oxygen atoms in total. The van der Waals surface area contributed by atoms with Crippen molar-refractivity contribution >= 4 is 11.0 Å². The smallest absolute Gasteiger partial charge is 0.306 e. The third-order valence-electron chi connectivity index (χ3n) is 2.74. The molecule has 0 radical (unpaired) electrons. The van der Waals surface area contributed by atoms with Gasteiger partial charge in [-0.25, -0.2) is 4.79 Å². The highest BCUT2D eigenvalue weighted by Crippen LogP contribution is 2.18. The van der Waals surface area contributed by atoms with E-state index in [1.165, 1.54) is 11.1 Å². The van der Waals surface area contributed by atoms with Crippen LogP contribution in [0.5, 0.6) is 0 Å². The van der Waals surface area contributed by atoms with E-state index in [-0.39, 0.29) is 5.69 Å². The zero-order chi connectivity index (χ0) is 10.8. The summed E-state index contributed by atoms with van der Waals surface area (Å²) < 4.78 is 0. The molecule has 80 valence electrons. The van der Waals surface area contributed by atoms with Gasteiger partial charge in [-0.15, -0.1) is 0 Å². The first-order valence-electron chi connectivity index (χ1n) is 5.48. The van der Waals surface area contributed by atoms with Gasteiger partial charge in [0.05, 0.1) is 11.0 Å². The predicted molar refractivity (Wildman–Crippen MR) is 62.3 cm³/mol. The number of fused-ring (bicyclic) bond motifs is 1. The molecule has 0 aliphatic carbocycles. The maximum Gasteiger partial charge on any atom is 0.323 e. The zero-order valence-corrected chi connectivity index (χ0v) is 9.18. The number of hydrogen-bond acceptors (Lipinski definition) is 1. The molecule has 0 unspecified atom stereocenters. The highest BCUT2D eigenvalue weighted by Gasteiger charge is 2.05. The fraction of sp³-hybridized carbons (Fsp3) is 0.417. The van der Waals surface area contributed by atoms with Crippen LogP contribution in [0.25, 0.3) is 11.0 Å². The van der Waals surface area contributed by atoms with Crippen molar-refractivity contribution < 1.29 is 0 Å². The third kappa shape index (κ3) is 1.82. The molecular weight excluding hydrogens is 188 g/mol. The van der Waals surface area contributed by atoms with Gasteiger partial charge in [-0.05, 0) is 36.1 Å².